The fraction of sp³-hybridized carbons (Fsp3) is 1.00. The van der Waals surface area contributed by atoms with Gasteiger partial charge in [-0.25, -0.2) is 0 Å². The monoisotopic (exact) mass is 215 g/mol. The zero-order valence-corrected chi connectivity index (χ0v) is 10.7. The second kappa shape index (κ2) is 6.02. The lowest BCUT2D eigenvalue weighted by molar-refractivity contribution is 0.104. The van der Waals surface area contributed by atoms with Crippen LogP contribution < -0.4 is 0 Å². The first-order valence-corrected chi connectivity index (χ1v) is 6.65. The predicted octanol–water partition coefficient (Wildman–Crippen LogP) is 3.21. The first-order chi connectivity index (χ1) is 6.72. The Balaban J connectivity index is 2.15. The molecule has 1 nitrogen and oxygen atoms in total. The van der Waals surface area contributed by atoms with Crippen molar-refractivity contribution in [1.82, 2.24) is 4.90 Å². The molecule has 0 aromatic rings. The molecule has 1 aliphatic carbocycles. The summed E-state index contributed by atoms with van der Waals surface area (Å²) in [6.45, 7) is 4.80. The van der Waals surface area contributed by atoms with Gasteiger partial charge in [0, 0.05) is 6.54 Å². The molecule has 0 saturated heterocycles. The van der Waals surface area contributed by atoms with Gasteiger partial charge in [0.15, 0.2) is 0 Å². The van der Waals surface area contributed by atoms with E-state index < -0.39 is 0 Å². The lowest BCUT2D eigenvalue weighted by Gasteiger charge is -2.43. The molecule has 14 heavy (non-hydrogen) atoms. The zero-order valence-electron chi connectivity index (χ0n) is 9.76. The van der Waals surface area contributed by atoms with Crippen molar-refractivity contribution in [1.29, 1.82) is 0 Å². The molecular weight excluding hydrogens is 190 g/mol. The molecule has 0 unspecified atom stereocenters. The van der Waals surface area contributed by atoms with E-state index in [-0.39, 0.29) is 0 Å². The van der Waals surface area contributed by atoms with E-state index in [0.29, 0.717) is 5.41 Å². The molecule has 0 spiro atoms. The highest BCUT2D eigenvalue weighted by Gasteiger charge is 2.36. The van der Waals surface area contributed by atoms with E-state index in [9.17, 15) is 0 Å². The Bertz CT molecular complexity index is 149. The maximum Gasteiger partial charge on any atom is 0.00427 e. The average Bonchev–Trinajstić information content (AvgIpc) is 2.12. The van der Waals surface area contributed by atoms with Gasteiger partial charge in [0.25, 0.3) is 0 Å². The molecule has 0 aliphatic heterocycles. The van der Waals surface area contributed by atoms with Crippen molar-refractivity contribution in [2.75, 3.05) is 25.9 Å². The smallest absolute Gasteiger partial charge is 0.00427 e. The van der Waals surface area contributed by atoms with Crippen molar-refractivity contribution in [3.63, 3.8) is 0 Å². The highest BCUT2D eigenvalue weighted by molar-refractivity contribution is 7.80. The van der Waals surface area contributed by atoms with Gasteiger partial charge in [-0.2, -0.15) is 12.6 Å². The third kappa shape index (κ3) is 3.47. The van der Waals surface area contributed by atoms with Crippen LogP contribution in [-0.2, 0) is 0 Å². The van der Waals surface area contributed by atoms with Gasteiger partial charge in [0.1, 0.15) is 0 Å². The van der Waals surface area contributed by atoms with Crippen LogP contribution in [0.25, 0.3) is 0 Å². The van der Waals surface area contributed by atoms with Crippen LogP contribution in [0.4, 0.5) is 0 Å². The van der Waals surface area contributed by atoms with Crippen LogP contribution in [-0.4, -0.2) is 30.8 Å². The Morgan fingerprint density at radius 3 is 2.43 bits per heavy atom. The molecule has 0 aromatic carbocycles. The third-order valence-corrected chi connectivity index (χ3v) is 4.17. The molecule has 2 heteroatoms. The Hall–Kier alpha value is 0.310. The van der Waals surface area contributed by atoms with Crippen LogP contribution in [0.1, 0.15) is 45.4 Å². The van der Waals surface area contributed by atoms with E-state index in [0.717, 1.165) is 5.75 Å². The van der Waals surface area contributed by atoms with Crippen molar-refractivity contribution in [2.24, 2.45) is 5.41 Å². The summed E-state index contributed by atoms with van der Waals surface area (Å²) in [7, 11) is 2.26. The van der Waals surface area contributed by atoms with E-state index in [1.54, 1.807) is 0 Å². The zero-order chi connectivity index (χ0) is 10.4. The van der Waals surface area contributed by atoms with Gasteiger partial charge in [0.2, 0.25) is 0 Å². The molecule has 0 amide bonds. The van der Waals surface area contributed by atoms with E-state index in [2.05, 4.69) is 31.5 Å². The number of rotatable bonds is 7. The summed E-state index contributed by atoms with van der Waals surface area (Å²) in [5, 5.41) is 0. The molecule has 1 aliphatic rings. The standard InChI is InChI=1S/C12H25NS/c1-3-4-5-9-13(2)10-12(11-14)7-6-8-12/h14H,3-11H2,1-2H3. The topological polar surface area (TPSA) is 3.24 Å². The minimum atomic E-state index is 0.573. The van der Waals surface area contributed by atoms with Gasteiger partial charge >= 0.3 is 0 Å². The number of nitrogens with zero attached hydrogens (tertiary/aromatic N) is 1. The third-order valence-electron chi connectivity index (χ3n) is 3.50. The van der Waals surface area contributed by atoms with Crippen molar-refractivity contribution >= 4 is 12.6 Å². The SMILES string of the molecule is CCCCCN(C)CC1(CS)CCC1. The molecule has 1 rings (SSSR count). The van der Waals surface area contributed by atoms with E-state index in [1.165, 1.54) is 51.6 Å². The molecule has 1 fully saturated rings. The Kier molecular flexibility index (Phi) is 5.32. The number of hydrogen-bond acceptors (Lipinski definition) is 2. The Morgan fingerprint density at radius 1 is 1.29 bits per heavy atom. The Labute approximate surface area is 94.7 Å². The molecule has 84 valence electrons. The lowest BCUT2D eigenvalue weighted by Crippen LogP contribution is -2.42. The van der Waals surface area contributed by atoms with Crippen LogP contribution in [0.2, 0.25) is 0 Å². The molecule has 0 aromatic heterocycles. The molecule has 0 atom stereocenters. The van der Waals surface area contributed by atoms with E-state index in [1.807, 2.05) is 0 Å². The normalized spacial score (nSPS) is 19.7. The minimum absolute atomic E-state index is 0.573. The first-order valence-electron chi connectivity index (χ1n) is 6.02. The molecular formula is C12H25NS. The van der Waals surface area contributed by atoms with E-state index in [4.69, 9.17) is 0 Å². The summed E-state index contributed by atoms with van der Waals surface area (Å²) < 4.78 is 0. The van der Waals surface area contributed by atoms with Crippen LogP contribution >= 0.6 is 12.6 Å². The minimum Gasteiger partial charge on any atom is -0.306 e. The summed E-state index contributed by atoms with van der Waals surface area (Å²) in [5.41, 5.74) is 0.573. The second-order valence-electron chi connectivity index (χ2n) is 4.96. The van der Waals surface area contributed by atoms with Crippen LogP contribution in [0.15, 0.2) is 0 Å². The van der Waals surface area contributed by atoms with Crippen molar-refractivity contribution in [2.45, 2.75) is 45.4 Å². The number of thiol groups is 1. The number of hydrogen-bond donors (Lipinski definition) is 1. The van der Waals surface area contributed by atoms with Crippen molar-refractivity contribution < 1.29 is 0 Å². The van der Waals surface area contributed by atoms with Gasteiger partial charge in [-0.3, -0.25) is 0 Å². The first kappa shape index (κ1) is 12.4. The second-order valence-corrected chi connectivity index (χ2v) is 5.27. The highest BCUT2D eigenvalue weighted by atomic mass is 32.1. The lowest BCUT2D eigenvalue weighted by atomic mass is 9.70. The highest BCUT2D eigenvalue weighted by Crippen LogP contribution is 2.42. The summed E-state index contributed by atoms with van der Waals surface area (Å²) in [6.07, 6.45) is 8.27. The predicted molar refractivity (Wildman–Crippen MR) is 67.2 cm³/mol. The van der Waals surface area contributed by atoms with Gasteiger partial charge in [-0.15, -0.1) is 0 Å². The van der Waals surface area contributed by atoms with Crippen LogP contribution in [0, 0.1) is 5.41 Å². The molecule has 0 bridgehead atoms. The van der Waals surface area contributed by atoms with Gasteiger partial charge in [0.05, 0.1) is 0 Å². The summed E-state index contributed by atoms with van der Waals surface area (Å²) >= 11 is 4.49. The summed E-state index contributed by atoms with van der Waals surface area (Å²) in [5.74, 6) is 1.07. The van der Waals surface area contributed by atoms with Gasteiger partial charge < -0.3 is 4.90 Å². The molecule has 1 saturated carbocycles. The fourth-order valence-electron chi connectivity index (χ4n) is 2.33. The quantitative estimate of drug-likeness (QED) is 0.504. The maximum absolute atomic E-state index is 4.49. The molecule has 0 N–H and O–H groups in total. The summed E-state index contributed by atoms with van der Waals surface area (Å²) in [6, 6.07) is 0. The van der Waals surface area contributed by atoms with Crippen LogP contribution in [0.3, 0.4) is 0 Å². The van der Waals surface area contributed by atoms with Crippen molar-refractivity contribution in [3.8, 4) is 0 Å². The van der Waals surface area contributed by atoms with Crippen molar-refractivity contribution in [3.05, 3.63) is 0 Å². The molecule has 0 heterocycles. The largest absolute Gasteiger partial charge is 0.306 e. The maximum atomic E-state index is 4.49. The van der Waals surface area contributed by atoms with E-state index >= 15 is 0 Å². The summed E-state index contributed by atoms with van der Waals surface area (Å²) in [4.78, 5) is 2.50. The number of unbranched alkanes of at least 4 members (excludes halogenated alkanes) is 2. The molecule has 0 radical (unpaired) electrons. The Morgan fingerprint density at radius 2 is 2.00 bits per heavy atom. The van der Waals surface area contributed by atoms with Gasteiger partial charge in [-0.1, -0.05) is 26.2 Å². The van der Waals surface area contributed by atoms with Gasteiger partial charge in [-0.05, 0) is 44.0 Å². The average molecular weight is 215 g/mol. The van der Waals surface area contributed by atoms with Crippen LogP contribution in [0.5, 0.6) is 0 Å². The fourth-order valence-corrected chi connectivity index (χ4v) is 2.74.